The van der Waals surface area contributed by atoms with E-state index in [0.717, 1.165) is 11.3 Å². The molecule has 134 valence electrons. The van der Waals surface area contributed by atoms with Crippen LogP contribution in [-0.4, -0.2) is 55.9 Å². The van der Waals surface area contributed by atoms with Gasteiger partial charge in [-0.25, -0.2) is 13.4 Å². The van der Waals surface area contributed by atoms with E-state index in [-0.39, 0.29) is 12.3 Å². The molecule has 1 fully saturated rings. The number of hydrogen-bond acceptors (Lipinski definition) is 6. The van der Waals surface area contributed by atoms with Crippen molar-refractivity contribution in [2.45, 2.75) is 19.1 Å². The van der Waals surface area contributed by atoms with Crippen molar-refractivity contribution < 1.29 is 22.3 Å². The van der Waals surface area contributed by atoms with Gasteiger partial charge < -0.3 is 13.9 Å². The van der Waals surface area contributed by atoms with E-state index in [9.17, 15) is 8.42 Å². The zero-order valence-electron chi connectivity index (χ0n) is 13.8. The van der Waals surface area contributed by atoms with Crippen LogP contribution in [0.5, 0.6) is 0 Å². The lowest BCUT2D eigenvalue weighted by Crippen LogP contribution is -2.43. The zero-order valence-corrected chi connectivity index (χ0v) is 14.6. The summed E-state index contributed by atoms with van der Waals surface area (Å²) >= 11 is 0. The second-order valence-electron chi connectivity index (χ2n) is 6.18. The first-order chi connectivity index (χ1) is 12.1. The number of nitrogens with zero attached hydrogens (tertiary/aromatic N) is 2. The van der Waals surface area contributed by atoms with Crippen molar-refractivity contribution in [3.8, 4) is 11.5 Å². The summed E-state index contributed by atoms with van der Waals surface area (Å²) < 4.78 is 43.4. The summed E-state index contributed by atoms with van der Waals surface area (Å²) in [7, 11) is -3.43. The van der Waals surface area contributed by atoms with Gasteiger partial charge in [0.05, 0.1) is 43.9 Å². The Hall–Kier alpha value is -1.74. The number of sulfonamides is 1. The Bertz CT molecular complexity index is 828. The minimum Gasteiger partial charge on any atom is -0.441 e. The second-order valence-corrected chi connectivity index (χ2v) is 8.20. The maximum absolute atomic E-state index is 12.7. The van der Waals surface area contributed by atoms with Crippen LogP contribution in [0.3, 0.4) is 0 Å². The molecule has 8 heteroatoms. The summed E-state index contributed by atoms with van der Waals surface area (Å²) in [5.41, 5.74) is 1.58. The van der Waals surface area contributed by atoms with Gasteiger partial charge in [-0.15, -0.1) is 0 Å². The highest BCUT2D eigenvalue weighted by Crippen LogP contribution is 2.27. The van der Waals surface area contributed by atoms with Crippen LogP contribution in [0, 0.1) is 0 Å². The summed E-state index contributed by atoms with van der Waals surface area (Å²) in [6.45, 7) is 1.91. The molecule has 0 amide bonds. The largest absolute Gasteiger partial charge is 0.441 e. The molecule has 25 heavy (non-hydrogen) atoms. The second kappa shape index (κ2) is 6.87. The van der Waals surface area contributed by atoms with Crippen molar-refractivity contribution >= 4 is 10.0 Å². The van der Waals surface area contributed by atoms with Gasteiger partial charge >= 0.3 is 0 Å². The van der Waals surface area contributed by atoms with Gasteiger partial charge in [-0.05, 0) is 12.1 Å². The average molecular weight is 364 g/mol. The molecule has 0 radical (unpaired) electrons. The Morgan fingerprint density at radius 1 is 1.20 bits per heavy atom. The first kappa shape index (κ1) is 16.7. The van der Waals surface area contributed by atoms with E-state index in [4.69, 9.17) is 13.9 Å². The smallest absolute Gasteiger partial charge is 0.226 e. The number of aromatic nitrogens is 1. The molecular weight excluding hydrogens is 344 g/mol. The molecular formula is C17H20N2O5S. The minimum absolute atomic E-state index is 0.0638. The summed E-state index contributed by atoms with van der Waals surface area (Å²) in [6, 6.07) is 9.61. The van der Waals surface area contributed by atoms with E-state index in [1.807, 2.05) is 30.3 Å². The van der Waals surface area contributed by atoms with Crippen LogP contribution < -0.4 is 0 Å². The van der Waals surface area contributed by atoms with Gasteiger partial charge in [0.1, 0.15) is 5.76 Å². The van der Waals surface area contributed by atoms with Crippen molar-refractivity contribution in [1.82, 2.24) is 9.29 Å². The van der Waals surface area contributed by atoms with E-state index in [2.05, 4.69) is 4.98 Å². The topological polar surface area (TPSA) is 81.9 Å². The average Bonchev–Trinajstić information content (AvgIpc) is 3.06. The van der Waals surface area contributed by atoms with E-state index in [1.165, 1.54) is 4.31 Å². The SMILES string of the molecule is O=S(=O)(CC1COCCO1)N1CCc2oc(-c3ccccc3)nc2C1. The molecule has 1 saturated heterocycles. The molecule has 1 aromatic carbocycles. The van der Waals surface area contributed by atoms with Crippen molar-refractivity contribution in [3.05, 3.63) is 41.8 Å². The fourth-order valence-electron chi connectivity index (χ4n) is 3.09. The van der Waals surface area contributed by atoms with E-state index < -0.39 is 16.1 Å². The summed E-state index contributed by atoms with van der Waals surface area (Å²) in [4.78, 5) is 4.50. The Morgan fingerprint density at radius 3 is 2.80 bits per heavy atom. The fraction of sp³-hybridized carbons (Fsp3) is 0.471. The van der Waals surface area contributed by atoms with E-state index in [1.54, 1.807) is 0 Å². The number of hydrogen-bond donors (Lipinski definition) is 0. The third kappa shape index (κ3) is 3.62. The van der Waals surface area contributed by atoms with Crippen molar-refractivity contribution in [2.24, 2.45) is 0 Å². The van der Waals surface area contributed by atoms with Crippen LogP contribution in [0.15, 0.2) is 34.7 Å². The maximum Gasteiger partial charge on any atom is 0.226 e. The predicted molar refractivity (Wildman–Crippen MR) is 90.4 cm³/mol. The molecule has 0 saturated carbocycles. The van der Waals surface area contributed by atoms with E-state index >= 15 is 0 Å². The van der Waals surface area contributed by atoms with Crippen LogP contribution in [0.4, 0.5) is 0 Å². The lowest BCUT2D eigenvalue weighted by Gasteiger charge is -2.28. The van der Waals surface area contributed by atoms with Gasteiger partial charge in [0.25, 0.3) is 0 Å². The number of benzene rings is 1. The molecule has 2 aliphatic rings. The zero-order chi connectivity index (χ0) is 17.3. The molecule has 1 unspecified atom stereocenters. The molecule has 1 atom stereocenters. The number of oxazole rings is 1. The summed E-state index contributed by atoms with van der Waals surface area (Å²) in [6.07, 6.45) is 0.119. The van der Waals surface area contributed by atoms with Crippen molar-refractivity contribution in [1.29, 1.82) is 0 Å². The van der Waals surface area contributed by atoms with Crippen LogP contribution >= 0.6 is 0 Å². The fourth-order valence-corrected chi connectivity index (χ4v) is 4.65. The molecule has 1 aromatic heterocycles. The van der Waals surface area contributed by atoms with Gasteiger partial charge in [0.15, 0.2) is 0 Å². The third-order valence-electron chi connectivity index (χ3n) is 4.39. The molecule has 0 spiro atoms. The Balaban J connectivity index is 1.49. The first-order valence-corrected chi connectivity index (χ1v) is 9.94. The molecule has 7 nitrogen and oxygen atoms in total. The number of fused-ring (bicyclic) bond motifs is 1. The van der Waals surface area contributed by atoms with Crippen molar-refractivity contribution in [3.63, 3.8) is 0 Å². The van der Waals surface area contributed by atoms with Crippen LogP contribution in [0.2, 0.25) is 0 Å². The van der Waals surface area contributed by atoms with Gasteiger partial charge in [-0.2, -0.15) is 4.31 Å². The lowest BCUT2D eigenvalue weighted by atomic mass is 10.2. The monoisotopic (exact) mass is 364 g/mol. The highest BCUT2D eigenvalue weighted by Gasteiger charge is 2.33. The molecule has 2 aliphatic heterocycles. The summed E-state index contributed by atoms with van der Waals surface area (Å²) in [5.74, 6) is 1.24. The molecule has 0 bridgehead atoms. The molecule has 0 N–H and O–H groups in total. The van der Waals surface area contributed by atoms with Crippen LogP contribution in [0.25, 0.3) is 11.5 Å². The predicted octanol–water partition coefficient (Wildman–Crippen LogP) is 1.44. The Morgan fingerprint density at radius 2 is 2.04 bits per heavy atom. The molecule has 3 heterocycles. The number of rotatable bonds is 4. The van der Waals surface area contributed by atoms with Crippen LogP contribution in [-0.2, 0) is 32.5 Å². The molecule has 0 aliphatic carbocycles. The standard InChI is InChI=1S/C17H20N2O5S/c20-25(21,12-14-11-22-8-9-23-14)19-7-6-16-15(10-19)18-17(24-16)13-4-2-1-3-5-13/h1-5,14H,6-12H2. The quantitative estimate of drug-likeness (QED) is 0.817. The highest BCUT2D eigenvalue weighted by atomic mass is 32.2. The minimum atomic E-state index is -3.43. The highest BCUT2D eigenvalue weighted by molar-refractivity contribution is 7.89. The van der Waals surface area contributed by atoms with Gasteiger partial charge in [0, 0.05) is 18.5 Å². The van der Waals surface area contributed by atoms with E-state index in [0.29, 0.717) is 44.4 Å². The normalized spacial score (nSPS) is 21.8. The molecule has 4 rings (SSSR count). The molecule has 2 aromatic rings. The Labute approximate surface area is 146 Å². The Kier molecular flexibility index (Phi) is 4.60. The van der Waals surface area contributed by atoms with Gasteiger partial charge in [0.2, 0.25) is 15.9 Å². The van der Waals surface area contributed by atoms with Gasteiger partial charge in [-0.1, -0.05) is 18.2 Å². The third-order valence-corrected chi connectivity index (χ3v) is 6.28. The van der Waals surface area contributed by atoms with Crippen molar-refractivity contribution in [2.75, 3.05) is 32.1 Å². The number of ether oxygens (including phenoxy) is 2. The first-order valence-electron chi connectivity index (χ1n) is 8.33. The van der Waals surface area contributed by atoms with Gasteiger partial charge in [-0.3, -0.25) is 0 Å². The lowest BCUT2D eigenvalue weighted by molar-refractivity contribution is -0.0785. The summed E-state index contributed by atoms with van der Waals surface area (Å²) in [5, 5.41) is 0. The maximum atomic E-state index is 12.7. The van der Waals surface area contributed by atoms with Crippen LogP contribution in [0.1, 0.15) is 11.5 Å².